The number of hydrogen-bond donors (Lipinski definition) is 0. The van der Waals surface area contributed by atoms with Crippen molar-refractivity contribution in [1.29, 1.82) is 0 Å². The first-order chi connectivity index (χ1) is 15.9. The van der Waals surface area contributed by atoms with Gasteiger partial charge in [0.15, 0.2) is 0 Å². The van der Waals surface area contributed by atoms with Crippen molar-refractivity contribution < 1.29 is 4.74 Å². The second-order valence-electron chi connectivity index (χ2n) is 7.91. The third kappa shape index (κ3) is 4.34. The first kappa shape index (κ1) is 20.2. The Balaban J connectivity index is 1.28. The van der Waals surface area contributed by atoms with Gasteiger partial charge in [-0.05, 0) is 22.8 Å². The Hall–Kier alpha value is -3.69. The highest BCUT2D eigenvalue weighted by molar-refractivity contribution is 5.85. The second-order valence-corrected chi connectivity index (χ2v) is 7.91. The van der Waals surface area contributed by atoms with Crippen LogP contribution >= 0.6 is 0 Å². The van der Waals surface area contributed by atoms with E-state index < -0.39 is 0 Å². The van der Waals surface area contributed by atoms with E-state index in [4.69, 9.17) is 9.72 Å². The van der Waals surface area contributed by atoms with Crippen molar-refractivity contribution in [2.24, 2.45) is 0 Å². The Morgan fingerprint density at radius 3 is 2.19 bits per heavy atom. The Morgan fingerprint density at radius 2 is 1.38 bits per heavy atom. The number of aryl methyl sites for hydroxylation is 1. The van der Waals surface area contributed by atoms with Crippen LogP contribution in [0.1, 0.15) is 12.0 Å². The first-order valence-corrected chi connectivity index (χ1v) is 11.1. The molecule has 0 atom stereocenters. The predicted molar refractivity (Wildman–Crippen MR) is 131 cm³/mol. The van der Waals surface area contributed by atoms with Crippen molar-refractivity contribution in [2.45, 2.75) is 19.6 Å². The van der Waals surface area contributed by atoms with Crippen LogP contribution in [-0.2, 0) is 17.9 Å². The molecule has 158 valence electrons. The van der Waals surface area contributed by atoms with E-state index >= 15 is 0 Å². The van der Waals surface area contributed by atoms with Crippen LogP contribution in [0.25, 0.3) is 33.3 Å². The summed E-state index contributed by atoms with van der Waals surface area (Å²) in [5.41, 5.74) is 5.74. The number of ether oxygens (including phenoxy) is 1. The maximum Gasteiger partial charge on any atom is 0.0963 e. The van der Waals surface area contributed by atoms with Crippen molar-refractivity contribution in [3.05, 3.63) is 115 Å². The zero-order chi connectivity index (χ0) is 21.6. The normalized spacial score (nSPS) is 11.1. The third-order valence-electron chi connectivity index (χ3n) is 5.76. The first-order valence-electron chi connectivity index (χ1n) is 11.1. The molecular formula is C29H26N2O. The van der Waals surface area contributed by atoms with Crippen molar-refractivity contribution in [3.63, 3.8) is 0 Å². The molecule has 0 unspecified atom stereocenters. The molecule has 5 rings (SSSR count). The van der Waals surface area contributed by atoms with Gasteiger partial charge in [-0.1, -0.05) is 103 Å². The molecule has 5 aromatic rings. The van der Waals surface area contributed by atoms with Crippen molar-refractivity contribution in [1.82, 2.24) is 9.55 Å². The van der Waals surface area contributed by atoms with Gasteiger partial charge in [0.2, 0.25) is 0 Å². The molecule has 0 spiro atoms. The number of benzene rings is 4. The molecule has 0 saturated carbocycles. The van der Waals surface area contributed by atoms with Crippen LogP contribution in [0, 0.1) is 0 Å². The zero-order valence-electron chi connectivity index (χ0n) is 18.0. The third-order valence-corrected chi connectivity index (χ3v) is 5.76. The Bertz CT molecular complexity index is 1290. The second kappa shape index (κ2) is 9.63. The van der Waals surface area contributed by atoms with E-state index in [1.807, 2.05) is 18.5 Å². The largest absolute Gasteiger partial charge is 0.377 e. The summed E-state index contributed by atoms with van der Waals surface area (Å²) in [4.78, 5) is 4.77. The summed E-state index contributed by atoms with van der Waals surface area (Å²) in [6, 6.07) is 35.8. The molecule has 3 nitrogen and oxygen atoms in total. The van der Waals surface area contributed by atoms with E-state index in [0.717, 1.165) is 29.9 Å². The number of rotatable bonds is 8. The highest BCUT2D eigenvalue weighted by atomic mass is 16.5. The highest BCUT2D eigenvalue weighted by Gasteiger charge is 2.14. The minimum Gasteiger partial charge on any atom is -0.377 e. The molecule has 0 saturated heterocycles. The Morgan fingerprint density at radius 1 is 0.688 bits per heavy atom. The standard InChI is InChI=1S/C29H26N2O/c1-3-12-24(13-4-1)28-29(25-14-5-2-6-15-25)31(22-30-28)19-10-20-32-21-26-17-9-16-23-11-7-8-18-27(23)26/h1-9,11-18,22H,10,19-21H2. The molecule has 1 heterocycles. The van der Waals surface area contributed by atoms with Gasteiger partial charge >= 0.3 is 0 Å². The number of fused-ring (bicyclic) bond motifs is 1. The molecular weight excluding hydrogens is 392 g/mol. The van der Waals surface area contributed by atoms with Gasteiger partial charge in [0.1, 0.15) is 0 Å². The number of aromatic nitrogens is 2. The molecule has 1 aromatic heterocycles. The lowest BCUT2D eigenvalue weighted by molar-refractivity contribution is 0.116. The van der Waals surface area contributed by atoms with E-state index in [2.05, 4.69) is 95.6 Å². The summed E-state index contributed by atoms with van der Waals surface area (Å²) < 4.78 is 8.30. The van der Waals surface area contributed by atoms with Gasteiger partial charge in [-0.25, -0.2) is 4.98 Å². The fourth-order valence-electron chi connectivity index (χ4n) is 4.20. The van der Waals surface area contributed by atoms with Gasteiger partial charge in [-0.15, -0.1) is 0 Å². The smallest absolute Gasteiger partial charge is 0.0963 e. The molecule has 0 fully saturated rings. The molecule has 0 N–H and O–H groups in total. The Kier molecular flexibility index (Phi) is 6.09. The molecule has 0 aliphatic heterocycles. The molecule has 3 heteroatoms. The minimum absolute atomic E-state index is 0.631. The zero-order valence-corrected chi connectivity index (χ0v) is 18.0. The molecule has 0 aliphatic rings. The SMILES string of the molecule is c1ccc(-c2ncn(CCCOCc3cccc4ccccc34)c2-c2ccccc2)cc1. The van der Waals surface area contributed by atoms with E-state index in [1.54, 1.807) is 0 Å². The van der Waals surface area contributed by atoms with E-state index in [0.29, 0.717) is 13.2 Å². The fraction of sp³-hybridized carbons (Fsp3) is 0.138. The van der Waals surface area contributed by atoms with Gasteiger partial charge in [0, 0.05) is 24.3 Å². The summed E-state index contributed by atoms with van der Waals surface area (Å²) in [5.74, 6) is 0. The van der Waals surface area contributed by atoms with Crippen LogP contribution in [0.5, 0.6) is 0 Å². The summed E-state index contributed by atoms with van der Waals surface area (Å²) in [6.45, 7) is 2.20. The summed E-state index contributed by atoms with van der Waals surface area (Å²) in [6.07, 6.45) is 2.88. The summed E-state index contributed by atoms with van der Waals surface area (Å²) in [5, 5.41) is 2.52. The fourth-order valence-corrected chi connectivity index (χ4v) is 4.20. The number of hydrogen-bond acceptors (Lipinski definition) is 2. The molecule has 0 bridgehead atoms. The Labute approximate surface area is 188 Å². The number of imidazole rings is 1. The van der Waals surface area contributed by atoms with Gasteiger partial charge in [0.05, 0.1) is 24.3 Å². The van der Waals surface area contributed by atoms with Crippen LogP contribution in [0.15, 0.2) is 109 Å². The van der Waals surface area contributed by atoms with Crippen LogP contribution < -0.4 is 0 Å². The molecule has 0 aliphatic carbocycles. The van der Waals surface area contributed by atoms with Crippen molar-refractivity contribution in [2.75, 3.05) is 6.61 Å². The van der Waals surface area contributed by atoms with Gasteiger partial charge in [-0.2, -0.15) is 0 Å². The number of nitrogens with zero attached hydrogens (tertiary/aromatic N) is 2. The van der Waals surface area contributed by atoms with Crippen LogP contribution in [-0.4, -0.2) is 16.2 Å². The maximum atomic E-state index is 6.05. The van der Waals surface area contributed by atoms with Gasteiger partial charge < -0.3 is 9.30 Å². The van der Waals surface area contributed by atoms with Crippen LogP contribution in [0.2, 0.25) is 0 Å². The summed E-state index contributed by atoms with van der Waals surface area (Å²) >= 11 is 0. The lowest BCUT2D eigenvalue weighted by Crippen LogP contribution is -2.04. The van der Waals surface area contributed by atoms with Gasteiger partial charge in [0.25, 0.3) is 0 Å². The molecule has 0 amide bonds. The van der Waals surface area contributed by atoms with E-state index in [9.17, 15) is 0 Å². The maximum absolute atomic E-state index is 6.05. The quantitative estimate of drug-likeness (QED) is 0.254. The van der Waals surface area contributed by atoms with Crippen LogP contribution in [0.4, 0.5) is 0 Å². The average Bonchev–Trinajstić information content (AvgIpc) is 3.29. The van der Waals surface area contributed by atoms with Crippen molar-refractivity contribution >= 4 is 10.8 Å². The van der Waals surface area contributed by atoms with Crippen molar-refractivity contribution in [3.8, 4) is 22.5 Å². The van der Waals surface area contributed by atoms with Crippen LogP contribution in [0.3, 0.4) is 0 Å². The highest BCUT2D eigenvalue weighted by Crippen LogP contribution is 2.31. The topological polar surface area (TPSA) is 27.1 Å². The molecule has 32 heavy (non-hydrogen) atoms. The molecule has 4 aromatic carbocycles. The average molecular weight is 419 g/mol. The minimum atomic E-state index is 0.631. The van der Waals surface area contributed by atoms with E-state index in [-0.39, 0.29) is 0 Å². The monoisotopic (exact) mass is 418 g/mol. The lowest BCUT2D eigenvalue weighted by Gasteiger charge is -2.12. The summed E-state index contributed by atoms with van der Waals surface area (Å²) in [7, 11) is 0. The molecule has 0 radical (unpaired) electrons. The van der Waals surface area contributed by atoms with E-state index in [1.165, 1.54) is 21.9 Å². The lowest BCUT2D eigenvalue weighted by atomic mass is 10.0. The van der Waals surface area contributed by atoms with Gasteiger partial charge in [-0.3, -0.25) is 0 Å². The predicted octanol–water partition coefficient (Wildman–Crippen LogP) is 6.98.